The summed E-state index contributed by atoms with van der Waals surface area (Å²) in [5, 5.41) is 7.34. The molecule has 2 aromatic carbocycles. The van der Waals surface area contributed by atoms with Gasteiger partial charge in [-0.3, -0.25) is 9.78 Å². The standard InChI is InChI=1S/C28H22FN7O/c1-17(16-18-2-8-22(9-3-18)35-36-30)28(37)33-24-11-10-23-25(19-12-14-31-15-13-19)26(34-27(23)32-24)20-4-6-21(29)7-5-20/h2-15,17H,16H2,1H3,(H2,32,33,34,37)/t17-/m0/s1. The normalized spacial score (nSPS) is 11.6. The number of aromatic amines is 1. The van der Waals surface area contributed by atoms with E-state index in [1.54, 1.807) is 42.7 Å². The number of nitrogens with one attached hydrogen (secondary N) is 2. The van der Waals surface area contributed by atoms with Crippen molar-refractivity contribution in [1.29, 1.82) is 0 Å². The smallest absolute Gasteiger partial charge is 0.228 e. The minimum atomic E-state index is -0.311. The Balaban J connectivity index is 1.42. The Bertz CT molecular complexity index is 1610. The number of hydrogen-bond donors (Lipinski definition) is 2. The minimum Gasteiger partial charge on any atom is -0.339 e. The number of H-pyrrole nitrogens is 1. The molecule has 3 aromatic heterocycles. The molecule has 0 aliphatic heterocycles. The van der Waals surface area contributed by atoms with E-state index in [-0.39, 0.29) is 17.6 Å². The number of hydrogen-bond acceptors (Lipinski definition) is 4. The van der Waals surface area contributed by atoms with Gasteiger partial charge in [-0.2, -0.15) is 0 Å². The van der Waals surface area contributed by atoms with Gasteiger partial charge in [0, 0.05) is 39.9 Å². The van der Waals surface area contributed by atoms with E-state index in [9.17, 15) is 9.18 Å². The first-order chi connectivity index (χ1) is 18.0. The lowest BCUT2D eigenvalue weighted by Gasteiger charge is -2.12. The van der Waals surface area contributed by atoms with Crippen molar-refractivity contribution >= 4 is 28.4 Å². The molecule has 5 rings (SSSR count). The van der Waals surface area contributed by atoms with Gasteiger partial charge in [0.1, 0.15) is 17.3 Å². The average Bonchev–Trinajstić information content (AvgIpc) is 3.29. The van der Waals surface area contributed by atoms with E-state index < -0.39 is 0 Å². The summed E-state index contributed by atoms with van der Waals surface area (Å²) < 4.78 is 13.6. The van der Waals surface area contributed by atoms with E-state index in [1.807, 2.05) is 37.3 Å². The number of azide groups is 1. The highest BCUT2D eigenvalue weighted by Crippen LogP contribution is 2.38. The van der Waals surface area contributed by atoms with Crippen LogP contribution in [-0.2, 0) is 11.2 Å². The van der Waals surface area contributed by atoms with Gasteiger partial charge in [-0.1, -0.05) is 36.3 Å². The van der Waals surface area contributed by atoms with Crippen molar-refractivity contribution in [2.24, 2.45) is 11.0 Å². The fraction of sp³-hybridized carbons (Fsp3) is 0.107. The summed E-state index contributed by atoms with van der Waals surface area (Å²) in [7, 11) is 0. The summed E-state index contributed by atoms with van der Waals surface area (Å²) >= 11 is 0. The Morgan fingerprint density at radius 3 is 2.46 bits per heavy atom. The van der Waals surface area contributed by atoms with Crippen LogP contribution in [0.15, 0.2) is 90.3 Å². The van der Waals surface area contributed by atoms with Gasteiger partial charge in [0.05, 0.1) is 5.69 Å². The number of carbonyl (C=O) groups excluding carboxylic acids is 1. The molecule has 0 saturated heterocycles. The van der Waals surface area contributed by atoms with Crippen LogP contribution in [0.25, 0.3) is 43.9 Å². The maximum absolute atomic E-state index is 13.6. The van der Waals surface area contributed by atoms with Crippen LogP contribution in [0.1, 0.15) is 12.5 Å². The number of pyridine rings is 2. The number of nitrogens with zero attached hydrogens (tertiary/aromatic N) is 5. The monoisotopic (exact) mass is 491 g/mol. The second-order valence-corrected chi connectivity index (χ2v) is 8.66. The third kappa shape index (κ3) is 5.17. The molecule has 0 aliphatic carbocycles. The molecule has 0 unspecified atom stereocenters. The second-order valence-electron chi connectivity index (χ2n) is 8.66. The van der Waals surface area contributed by atoms with Crippen LogP contribution in [0, 0.1) is 11.7 Å². The van der Waals surface area contributed by atoms with E-state index in [0.717, 1.165) is 33.3 Å². The fourth-order valence-corrected chi connectivity index (χ4v) is 4.24. The predicted octanol–water partition coefficient (Wildman–Crippen LogP) is 7.19. The van der Waals surface area contributed by atoms with Crippen molar-refractivity contribution in [1.82, 2.24) is 15.0 Å². The van der Waals surface area contributed by atoms with Crippen molar-refractivity contribution in [2.75, 3.05) is 5.32 Å². The molecule has 0 aliphatic rings. The number of fused-ring (bicyclic) bond motifs is 1. The molecule has 0 saturated carbocycles. The van der Waals surface area contributed by atoms with Crippen LogP contribution >= 0.6 is 0 Å². The lowest BCUT2D eigenvalue weighted by molar-refractivity contribution is -0.119. The van der Waals surface area contributed by atoms with Gasteiger partial charge in [-0.25, -0.2) is 9.37 Å². The molecule has 0 bridgehead atoms. The summed E-state index contributed by atoms with van der Waals surface area (Å²) in [5.41, 5.74) is 14.1. The predicted molar refractivity (Wildman–Crippen MR) is 141 cm³/mol. The largest absolute Gasteiger partial charge is 0.339 e. The summed E-state index contributed by atoms with van der Waals surface area (Å²) in [6.45, 7) is 1.85. The molecule has 1 atom stereocenters. The number of halogens is 1. The van der Waals surface area contributed by atoms with Gasteiger partial charge < -0.3 is 10.3 Å². The zero-order chi connectivity index (χ0) is 25.8. The van der Waals surface area contributed by atoms with Crippen molar-refractivity contribution in [3.63, 3.8) is 0 Å². The number of amides is 1. The van der Waals surface area contributed by atoms with Crippen LogP contribution in [0.4, 0.5) is 15.9 Å². The Morgan fingerprint density at radius 1 is 1.03 bits per heavy atom. The van der Waals surface area contributed by atoms with E-state index >= 15 is 0 Å². The molecule has 0 spiro atoms. The lowest BCUT2D eigenvalue weighted by Crippen LogP contribution is -2.22. The van der Waals surface area contributed by atoms with Gasteiger partial charge in [0.2, 0.25) is 5.91 Å². The molecule has 0 fully saturated rings. The number of benzene rings is 2. The van der Waals surface area contributed by atoms with E-state index in [0.29, 0.717) is 23.6 Å². The van der Waals surface area contributed by atoms with E-state index in [2.05, 4.69) is 30.3 Å². The third-order valence-corrected chi connectivity index (χ3v) is 6.10. The maximum Gasteiger partial charge on any atom is 0.228 e. The van der Waals surface area contributed by atoms with Crippen LogP contribution in [0.3, 0.4) is 0 Å². The summed E-state index contributed by atoms with van der Waals surface area (Å²) in [5.74, 6) is -0.357. The topological polar surface area (TPSA) is 119 Å². The Kier molecular flexibility index (Phi) is 6.61. The molecule has 5 aromatic rings. The molecular weight excluding hydrogens is 469 g/mol. The minimum absolute atomic E-state index is 0.161. The molecule has 3 heterocycles. The highest BCUT2D eigenvalue weighted by Gasteiger charge is 2.18. The second kappa shape index (κ2) is 10.3. The quantitative estimate of drug-likeness (QED) is 0.142. The maximum atomic E-state index is 13.6. The highest BCUT2D eigenvalue weighted by atomic mass is 19.1. The van der Waals surface area contributed by atoms with E-state index in [1.165, 1.54) is 12.1 Å². The van der Waals surface area contributed by atoms with Gasteiger partial charge in [-0.15, -0.1) is 0 Å². The molecule has 9 heteroatoms. The van der Waals surface area contributed by atoms with Crippen LogP contribution in [-0.4, -0.2) is 20.9 Å². The van der Waals surface area contributed by atoms with Crippen LogP contribution in [0.2, 0.25) is 0 Å². The van der Waals surface area contributed by atoms with Gasteiger partial charge in [0.15, 0.2) is 0 Å². The molecule has 0 radical (unpaired) electrons. The summed E-state index contributed by atoms with van der Waals surface area (Å²) in [6, 6.07) is 20.9. The molecule has 8 nitrogen and oxygen atoms in total. The number of rotatable bonds is 7. The first-order valence-electron chi connectivity index (χ1n) is 11.7. The Morgan fingerprint density at radius 2 is 1.76 bits per heavy atom. The zero-order valence-corrected chi connectivity index (χ0v) is 19.9. The summed E-state index contributed by atoms with van der Waals surface area (Å²) in [6.07, 6.45) is 3.96. The SMILES string of the molecule is C[C@@H](Cc1ccc(N=[N+]=[N-])cc1)C(=O)Nc1ccc2c(-c3ccncc3)c(-c3ccc(F)cc3)[nH]c2n1. The summed E-state index contributed by atoms with van der Waals surface area (Å²) in [4.78, 5) is 27.8. The molecule has 182 valence electrons. The van der Waals surface area contributed by atoms with Gasteiger partial charge in [0.25, 0.3) is 0 Å². The third-order valence-electron chi connectivity index (χ3n) is 6.10. The van der Waals surface area contributed by atoms with Crippen LogP contribution < -0.4 is 5.32 Å². The number of carbonyl (C=O) groups is 1. The Hall–Kier alpha value is -5.01. The van der Waals surface area contributed by atoms with Crippen LogP contribution in [0.5, 0.6) is 0 Å². The average molecular weight is 492 g/mol. The van der Waals surface area contributed by atoms with Crippen molar-refractivity contribution in [3.05, 3.63) is 107 Å². The van der Waals surface area contributed by atoms with Gasteiger partial charge in [-0.05, 0) is 77.2 Å². The Labute approximate surface area is 211 Å². The first kappa shape index (κ1) is 23.7. The highest BCUT2D eigenvalue weighted by molar-refractivity contribution is 6.03. The molecule has 37 heavy (non-hydrogen) atoms. The molecule has 1 amide bonds. The van der Waals surface area contributed by atoms with Crippen molar-refractivity contribution < 1.29 is 9.18 Å². The van der Waals surface area contributed by atoms with Gasteiger partial charge >= 0.3 is 0 Å². The van der Waals surface area contributed by atoms with Crippen molar-refractivity contribution in [3.8, 4) is 22.4 Å². The van der Waals surface area contributed by atoms with E-state index in [4.69, 9.17) is 5.53 Å². The number of anilines is 1. The number of aromatic nitrogens is 3. The first-order valence-corrected chi connectivity index (χ1v) is 11.7. The molecular formula is C28H22FN7O. The zero-order valence-electron chi connectivity index (χ0n) is 19.9. The fourth-order valence-electron chi connectivity index (χ4n) is 4.24. The molecule has 2 N–H and O–H groups in total. The lowest BCUT2D eigenvalue weighted by atomic mass is 9.99. The van der Waals surface area contributed by atoms with Crippen molar-refractivity contribution in [2.45, 2.75) is 13.3 Å².